The molecule has 3 N–H and O–H groups in total. The number of aromatic amines is 1. The van der Waals surface area contributed by atoms with Crippen LogP contribution in [0.2, 0.25) is 0 Å². The van der Waals surface area contributed by atoms with Crippen molar-refractivity contribution in [3.05, 3.63) is 64.8 Å². The molecule has 0 saturated heterocycles. The number of carbonyl (C=O) groups excluding carboxylic acids is 2. The first-order valence-corrected chi connectivity index (χ1v) is 8.18. The number of carbonyl (C=O) groups is 2. The number of nitrogens with one attached hydrogen (secondary N) is 1. The Kier molecular flexibility index (Phi) is 4.51. The predicted molar refractivity (Wildman–Crippen MR) is 98.1 cm³/mol. The summed E-state index contributed by atoms with van der Waals surface area (Å²) in [5.41, 5.74) is 8.58. The number of anilines is 1. The van der Waals surface area contributed by atoms with Crippen molar-refractivity contribution in [1.29, 1.82) is 0 Å². The van der Waals surface area contributed by atoms with Gasteiger partial charge in [-0.3, -0.25) is 4.79 Å². The van der Waals surface area contributed by atoms with Crippen LogP contribution in [0.4, 0.5) is 5.69 Å². The summed E-state index contributed by atoms with van der Waals surface area (Å²) in [5, 5.41) is 0.672. The first kappa shape index (κ1) is 17.0. The number of hydrogen-bond acceptors (Lipinski definition) is 4. The van der Waals surface area contributed by atoms with Crippen LogP contribution in [0.25, 0.3) is 10.9 Å². The van der Waals surface area contributed by atoms with Gasteiger partial charge in [-0.25, -0.2) is 4.79 Å². The topological polar surface area (TPSA) is 85.2 Å². The van der Waals surface area contributed by atoms with E-state index >= 15 is 0 Å². The van der Waals surface area contributed by atoms with Crippen LogP contribution in [-0.4, -0.2) is 22.3 Å². The third kappa shape index (κ3) is 3.37. The van der Waals surface area contributed by atoms with Crippen LogP contribution in [0.5, 0.6) is 0 Å². The highest BCUT2D eigenvalue weighted by atomic mass is 35.5. The van der Waals surface area contributed by atoms with E-state index in [2.05, 4.69) is 4.98 Å². The van der Waals surface area contributed by atoms with Crippen LogP contribution in [0.3, 0.4) is 0 Å². The van der Waals surface area contributed by atoms with Gasteiger partial charge in [0.1, 0.15) is 5.69 Å². The summed E-state index contributed by atoms with van der Waals surface area (Å²) in [6, 6.07) is 12.1. The number of aryl methyl sites for hydroxylation is 1. The summed E-state index contributed by atoms with van der Waals surface area (Å²) in [6.07, 6.45) is 0. The molecule has 3 rings (SSSR count). The molecule has 2 aromatic carbocycles. The Morgan fingerprint density at radius 1 is 1.12 bits per heavy atom. The maximum Gasteiger partial charge on any atom is 0.339 e. The van der Waals surface area contributed by atoms with Crippen molar-refractivity contribution in [2.45, 2.75) is 19.4 Å². The number of hydrogen-bond donors (Lipinski definition) is 2. The van der Waals surface area contributed by atoms with E-state index in [1.165, 1.54) is 0 Å². The number of halogens is 1. The van der Waals surface area contributed by atoms with Gasteiger partial charge in [0.05, 0.1) is 11.3 Å². The molecular formula is C19H17ClN2O3. The van der Waals surface area contributed by atoms with Crippen molar-refractivity contribution in [2.24, 2.45) is 0 Å². The van der Waals surface area contributed by atoms with Crippen LogP contribution in [0.1, 0.15) is 38.9 Å². The minimum Gasteiger partial charge on any atom is -0.443 e. The molecule has 0 bridgehead atoms. The van der Waals surface area contributed by atoms with E-state index in [4.69, 9.17) is 22.1 Å². The average molecular weight is 357 g/mol. The minimum atomic E-state index is -0.726. The smallest absolute Gasteiger partial charge is 0.339 e. The van der Waals surface area contributed by atoms with Crippen LogP contribution in [-0.2, 0) is 4.74 Å². The molecule has 0 fully saturated rings. The number of rotatable bonds is 4. The third-order valence-electron chi connectivity index (χ3n) is 3.88. The lowest BCUT2D eigenvalue weighted by Gasteiger charge is -2.05. The highest BCUT2D eigenvalue weighted by molar-refractivity contribution is 6.20. The molecule has 0 amide bonds. The zero-order valence-corrected chi connectivity index (χ0v) is 14.6. The zero-order chi connectivity index (χ0) is 18.1. The van der Waals surface area contributed by atoms with Gasteiger partial charge in [-0.15, -0.1) is 0 Å². The molecule has 1 unspecified atom stereocenters. The Balaban J connectivity index is 2.00. The molecule has 0 spiro atoms. The summed E-state index contributed by atoms with van der Waals surface area (Å²) in [5.74, 6) is -0.740. The van der Waals surface area contributed by atoms with E-state index in [1.807, 2.05) is 19.1 Å². The Bertz CT molecular complexity index is 959. The molecule has 0 aliphatic rings. The normalized spacial score (nSPS) is 12.1. The number of fused-ring (bicyclic) bond motifs is 1. The molecule has 0 aliphatic heterocycles. The fourth-order valence-electron chi connectivity index (χ4n) is 2.59. The molecule has 1 aromatic heterocycles. The van der Waals surface area contributed by atoms with Gasteiger partial charge >= 0.3 is 5.97 Å². The number of nitrogen functional groups attached to an aromatic ring is 1. The highest BCUT2D eigenvalue weighted by Crippen LogP contribution is 2.28. The van der Waals surface area contributed by atoms with Crippen LogP contribution >= 0.6 is 11.6 Å². The number of esters is 1. The van der Waals surface area contributed by atoms with Crippen molar-refractivity contribution in [1.82, 2.24) is 4.98 Å². The van der Waals surface area contributed by atoms with Gasteiger partial charge < -0.3 is 15.5 Å². The van der Waals surface area contributed by atoms with Gasteiger partial charge in [-0.1, -0.05) is 41.4 Å². The average Bonchev–Trinajstić information content (AvgIpc) is 2.90. The number of H-pyrrole nitrogens is 1. The van der Waals surface area contributed by atoms with Crippen LogP contribution < -0.4 is 5.73 Å². The lowest BCUT2D eigenvalue weighted by atomic mass is 10.1. The van der Waals surface area contributed by atoms with E-state index in [9.17, 15) is 9.59 Å². The van der Waals surface area contributed by atoms with Gasteiger partial charge in [-0.2, -0.15) is 0 Å². The first-order valence-electron chi connectivity index (χ1n) is 7.74. The minimum absolute atomic E-state index is 0.202. The first-order chi connectivity index (χ1) is 11.9. The predicted octanol–water partition coefficient (Wildman–Crippen LogP) is 4.03. The van der Waals surface area contributed by atoms with Gasteiger partial charge in [-0.05, 0) is 32.0 Å². The van der Waals surface area contributed by atoms with Crippen molar-refractivity contribution >= 4 is 39.9 Å². The Hall–Kier alpha value is -2.79. The molecule has 1 atom stereocenters. The summed E-state index contributed by atoms with van der Waals surface area (Å²) in [6.45, 7) is 3.51. The third-order valence-corrected chi connectivity index (χ3v) is 3.97. The molecule has 0 radical (unpaired) electrons. The van der Waals surface area contributed by atoms with E-state index in [-0.39, 0.29) is 5.78 Å². The molecule has 6 heteroatoms. The molecule has 0 saturated carbocycles. The fraction of sp³-hybridized carbons (Fsp3) is 0.158. The standard InChI is InChI=1S/C19H17ClN2O3/c1-10-3-5-12(6-4-10)18(23)17-16(21)14-8-7-13(9-15(14)22-17)19(24)25-11(2)20/h3-9,11,22H,21H2,1-2H3. The summed E-state index contributed by atoms with van der Waals surface area (Å²) in [7, 11) is 0. The fourth-order valence-corrected chi connectivity index (χ4v) is 2.67. The van der Waals surface area contributed by atoms with E-state index in [0.717, 1.165) is 5.56 Å². The lowest BCUT2D eigenvalue weighted by molar-refractivity contribution is 0.0472. The molecule has 0 aliphatic carbocycles. The molecule has 25 heavy (non-hydrogen) atoms. The molecule has 3 aromatic rings. The summed E-state index contributed by atoms with van der Waals surface area (Å²) >= 11 is 5.68. The SMILES string of the molecule is Cc1ccc(C(=O)c2[nH]c3cc(C(=O)OC(C)Cl)ccc3c2N)cc1. The summed E-state index contributed by atoms with van der Waals surface area (Å²) in [4.78, 5) is 27.7. The second kappa shape index (κ2) is 6.61. The molecular weight excluding hydrogens is 340 g/mol. The number of benzene rings is 2. The number of aromatic nitrogens is 1. The van der Waals surface area contributed by atoms with Crippen molar-refractivity contribution < 1.29 is 14.3 Å². The number of ether oxygens (including phenoxy) is 1. The quantitative estimate of drug-likeness (QED) is 0.420. The second-order valence-electron chi connectivity index (χ2n) is 5.82. The van der Waals surface area contributed by atoms with Crippen molar-refractivity contribution in [3.8, 4) is 0 Å². The van der Waals surface area contributed by atoms with Gasteiger partial charge in [0.2, 0.25) is 5.78 Å². The summed E-state index contributed by atoms with van der Waals surface area (Å²) < 4.78 is 4.96. The monoisotopic (exact) mass is 356 g/mol. The zero-order valence-electron chi connectivity index (χ0n) is 13.8. The van der Waals surface area contributed by atoms with Gasteiger partial charge in [0, 0.05) is 16.5 Å². The highest BCUT2D eigenvalue weighted by Gasteiger charge is 2.19. The number of ketones is 1. The van der Waals surface area contributed by atoms with Crippen molar-refractivity contribution in [2.75, 3.05) is 5.73 Å². The Morgan fingerprint density at radius 3 is 2.40 bits per heavy atom. The second-order valence-corrected chi connectivity index (χ2v) is 6.43. The molecule has 128 valence electrons. The van der Waals surface area contributed by atoms with Gasteiger partial charge in [0.25, 0.3) is 0 Å². The molecule has 1 heterocycles. The Labute approximate surface area is 149 Å². The van der Waals surface area contributed by atoms with Crippen LogP contribution in [0, 0.1) is 6.92 Å². The van der Waals surface area contributed by atoms with E-state index in [0.29, 0.717) is 33.4 Å². The number of nitrogens with two attached hydrogens (primary N) is 1. The van der Waals surface area contributed by atoms with Gasteiger partial charge in [0.15, 0.2) is 5.56 Å². The van der Waals surface area contributed by atoms with E-state index < -0.39 is 11.5 Å². The maximum absolute atomic E-state index is 12.7. The van der Waals surface area contributed by atoms with Crippen molar-refractivity contribution in [3.63, 3.8) is 0 Å². The number of alkyl halides is 1. The van der Waals surface area contributed by atoms with E-state index in [1.54, 1.807) is 37.3 Å². The maximum atomic E-state index is 12.7. The van der Waals surface area contributed by atoms with Crippen LogP contribution in [0.15, 0.2) is 42.5 Å². The lowest BCUT2D eigenvalue weighted by Crippen LogP contribution is -2.09. The molecule has 5 nitrogen and oxygen atoms in total. The Morgan fingerprint density at radius 2 is 1.76 bits per heavy atom. The largest absolute Gasteiger partial charge is 0.443 e.